The van der Waals surface area contributed by atoms with E-state index in [1.54, 1.807) is 23.7 Å². The van der Waals surface area contributed by atoms with Crippen molar-refractivity contribution in [3.63, 3.8) is 0 Å². The number of rotatable bonds is 7. The molecule has 0 unspecified atom stereocenters. The second kappa shape index (κ2) is 8.20. The first kappa shape index (κ1) is 18.8. The average Bonchev–Trinajstić information content (AvgIpc) is 3.43. The van der Waals surface area contributed by atoms with Crippen LogP contribution in [0.2, 0.25) is 0 Å². The summed E-state index contributed by atoms with van der Waals surface area (Å²) in [6.07, 6.45) is 1.59. The van der Waals surface area contributed by atoms with E-state index < -0.39 is 0 Å². The number of hydrogen-bond donors (Lipinski definition) is 1. The molecule has 0 aliphatic heterocycles. The molecular formula is C20H20N4O2S2. The number of nitrogens with zero attached hydrogens (tertiary/aromatic N) is 3. The van der Waals surface area contributed by atoms with Crippen LogP contribution < -0.4 is 5.32 Å². The average molecular weight is 413 g/mol. The summed E-state index contributed by atoms with van der Waals surface area (Å²) < 4.78 is 8.55. The lowest BCUT2D eigenvalue weighted by Gasteiger charge is -2.13. The fourth-order valence-corrected chi connectivity index (χ4v) is 4.79. The van der Waals surface area contributed by atoms with Gasteiger partial charge >= 0.3 is 0 Å². The highest BCUT2D eigenvalue weighted by molar-refractivity contribution is 7.99. The van der Waals surface area contributed by atoms with E-state index >= 15 is 0 Å². The number of hydrogen-bond acceptors (Lipinski definition) is 6. The van der Waals surface area contributed by atoms with Crippen LogP contribution in [0, 0.1) is 0 Å². The number of nitrogens with one attached hydrogen (secondary N) is 1. The summed E-state index contributed by atoms with van der Waals surface area (Å²) in [5.74, 6) is 1.78. The molecule has 1 amide bonds. The molecule has 144 valence electrons. The standard InChI is InChI=1S/C20H20N4O2S2/c1-13(2)24-19(16-11-27-17-8-4-3-7-15(16)17)22-23-20(24)28-12-18(25)21-10-14-6-5-9-26-14/h3-9,11,13H,10,12H2,1-2H3,(H,21,25). The predicted molar refractivity (Wildman–Crippen MR) is 113 cm³/mol. The van der Waals surface area contributed by atoms with Gasteiger partial charge in [0.05, 0.1) is 18.6 Å². The van der Waals surface area contributed by atoms with Crippen LogP contribution in [0.3, 0.4) is 0 Å². The van der Waals surface area contributed by atoms with Crippen LogP contribution in [-0.4, -0.2) is 26.4 Å². The third-order valence-electron chi connectivity index (χ3n) is 4.28. The normalized spacial score (nSPS) is 11.4. The molecule has 0 saturated carbocycles. The third kappa shape index (κ3) is 3.83. The van der Waals surface area contributed by atoms with Gasteiger partial charge in [-0.15, -0.1) is 21.5 Å². The van der Waals surface area contributed by atoms with Gasteiger partial charge in [-0.05, 0) is 32.0 Å². The highest BCUT2D eigenvalue weighted by atomic mass is 32.2. The molecule has 1 N–H and O–H groups in total. The van der Waals surface area contributed by atoms with Gasteiger partial charge in [-0.25, -0.2) is 0 Å². The van der Waals surface area contributed by atoms with Gasteiger partial charge in [0.25, 0.3) is 0 Å². The number of carbonyl (C=O) groups excluding carboxylic acids is 1. The smallest absolute Gasteiger partial charge is 0.230 e. The zero-order valence-corrected chi connectivity index (χ0v) is 17.2. The zero-order chi connectivity index (χ0) is 19.5. The van der Waals surface area contributed by atoms with E-state index in [0.717, 1.165) is 22.3 Å². The Kier molecular flexibility index (Phi) is 5.50. The van der Waals surface area contributed by atoms with Crippen LogP contribution in [0.15, 0.2) is 57.6 Å². The lowest BCUT2D eigenvalue weighted by Crippen LogP contribution is -2.24. The highest BCUT2D eigenvalue weighted by Gasteiger charge is 2.20. The summed E-state index contributed by atoms with van der Waals surface area (Å²) in [7, 11) is 0. The summed E-state index contributed by atoms with van der Waals surface area (Å²) >= 11 is 3.10. The third-order valence-corrected chi connectivity index (χ3v) is 6.18. The van der Waals surface area contributed by atoms with Crippen LogP contribution in [-0.2, 0) is 11.3 Å². The molecule has 0 spiro atoms. The van der Waals surface area contributed by atoms with Crippen molar-refractivity contribution in [3.8, 4) is 11.4 Å². The minimum atomic E-state index is -0.0674. The minimum Gasteiger partial charge on any atom is -0.467 e. The quantitative estimate of drug-likeness (QED) is 0.444. The molecule has 1 aromatic carbocycles. The Balaban J connectivity index is 1.51. The largest absolute Gasteiger partial charge is 0.467 e. The summed E-state index contributed by atoms with van der Waals surface area (Å²) in [5, 5.41) is 15.7. The maximum Gasteiger partial charge on any atom is 0.230 e. The predicted octanol–water partition coefficient (Wildman–Crippen LogP) is 4.74. The second-order valence-corrected chi connectivity index (χ2v) is 8.41. The molecule has 8 heteroatoms. The summed E-state index contributed by atoms with van der Waals surface area (Å²) in [6.45, 7) is 4.58. The molecule has 3 heterocycles. The van der Waals surface area contributed by atoms with Gasteiger partial charge in [-0.3, -0.25) is 9.36 Å². The van der Waals surface area contributed by atoms with Gasteiger partial charge in [0.1, 0.15) is 5.76 Å². The van der Waals surface area contributed by atoms with Crippen LogP contribution in [0.5, 0.6) is 0 Å². The molecule has 6 nitrogen and oxygen atoms in total. The Morgan fingerprint density at radius 3 is 2.89 bits per heavy atom. The summed E-state index contributed by atoms with van der Waals surface area (Å²) in [5.41, 5.74) is 1.08. The maximum atomic E-state index is 12.2. The van der Waals surface area contributed by atoms with E-state index in [9.17, 15) is 4.79 Å². The topological polar surface area (TPSA) is 73.0 Å². The Morgan fingerprint density at radius 1 is 1.25 bits per heavy atom. The highest BCUT2D eigenvalue weighted by Crippen LogP contribution is 2.35. The number of amides is 1. The van der Waals surface area contributed by atoms with Crippen LogP contribution in [0.1, 0.15) is 25.6 Å². The van der Waals surface area contributed by atoms with Gasteiger partial charge in [-0.1, -0.05) is 30.0 Å². The first-order valence-electron chi connectivity index (χ1n) is 8.97. The van der Waals surface area contributed by atoms with Crippen LogP contribution in [0.4, 0.5) is 0 Å². The monoisotopic (exact) mass is 412 g/mol. The number of fused-ring (bicyclic) bond motifs is 1. The minimum absolute atomic E-state index is 0.0674. The van der Waals surface area contributed by atoms with E-state index in [1.807, 2.05) is 18.2 Å². The van der Waals surface area contributed by atoms with Gasteiger partial charge in [0.2, 0.25) is 5.91 Å². The van der Waals surface area contributed by atoms with Gasteiger partial charge in [-0.2, -0.15) is 0 Å². The molecule has 0 radical (unpaired) electrons. The van der Waals surface area contributed by atoms with Crippen molar-refractivity contribution in [2.45, 2.75) is 31.6 Å². The molecule has 4 aromatic rings. The van der Waals surface area contributed by atoms with Crippen molar-refractivity contribution in [2.75, 3.05) is 5.75 Å². The van der Waals surface area contributed by atoms with Crippen molar-refractivity contribution < 1.29 is 9.21 Å². The van der Waals surface area contributed by atoms with Crippen molar-refractivity contribution in [3.05, 3.63) is 53.8 Å². The molecule has 0 saturated heterocycles. The number of carbonyl (C=O) groups is 1. The number of furan rings is 1. The van der Waals surface area contributed by atoms with Gasteiger partial charge in [0.15, 0.2) is 11.0 Å². The summed E-state index contributed by atoms with van der Waals surface area (Å²) in [4.78, 5) is 12.2. The molecule has 28 heavy (non-hydrogen) atoms. The Morgan fingerprint density at radius 2 is 2.11 bits per heavy atom. The van der Waals surface area contributed by atoms with Crippen molar-refractivity contribution in [1.29, 1.82) is 0 Å². The number of aromatic nitrogens is 3. The van der Waals surface area contributed by atoms with Gasteiger partial charge < -0.3 is 9.73 Å². The van der Waals surface area contributed by atoms with E-state index in [2.05, 4.69) is 51.4 Å². The molecular weight excluding hydrogens is 392 g/mol. The molecule has 4 rings (SSSR count). The first-order valence-corrected chi connectivity index (χ1v) is 10.8. The van der Waals surface area contributed by atoms with E-state index in [4.69, 9.17) is 4.42 Å². The number of thioether (sulfide) groups is 1. The molecule has 3 aromatic heterocycles. The molecule has 0 bridgehead atoms. The fourth-order valence-electron chi connectivity index (χ4n) is 2.96. The van der Waals surface area contributed by atoms with E-state index in [-0.39, 0.29) is 17.7 Å². The zero-order valence-electron chi connectivity index (χ0n) is 15.6. The van der Waals surface area contributed by atoms with Gasteiger partial charge in [0, 0.05) is 27.1 Å². The molecule has 0 atom stereocenters. The van der Waals surface area contributed by atoms with Crippen LogP contribution >= 0.6 is 23.1 Å². The van der Waals surface area contributed by atoms with Crippen molar-refractivity contribution in [2.24, 2.45) is 0 Å². The Hall–Kier alpha value is -2.58. The lowest BCUT2D eigenvalue weighted by molar-refractivity contribution is -0.118. The van der Waals surface area contributed by atoms with E-state index in [0.29, 0.717) is 6.54 Å². The van der Waals surface area contributed by atoms with Crippen molar-refractivity contribution >= 4 is 39.1 Å². The molecule has 0 aliphatic carbocycles. The lowest BCUT2D eigenvalue weighted by atomic mass is 10.1. The Labute approximate surface area is 171 Å². The second-order valence-electron chi connectivity index (χ2n) is 6.56. The van der Waals surface area contributed by atoms with E-state index in [1.165, 1.54) is 21.8 Å². The number of thiophene rings is 1. The Bertz CT molecular complexity index is 1080. The SMILES string of the molecule is CC(C)n1c(SCC(=O)NCc2ccco2)nnc1-c1csc2ccccc12. The van der Waals surface area contributed by atoms with Crippen LogP contribution in [0.25, 0.3) is 21.5 Å². The first-order chi connectivity index (χ1) is 13.6. The molecule has 0 aliphatic rings. The van der Waals surface area contributed by atoms with Crippen molar-refractivity contribution in [1.82, 2.24) is 20.1 Å². The maximum absolute atomic E-state index is 12.2. The fraction of sp³-hybridized carbons (Fsp3) is 0.250. The molecule has 0 fully saturated rings. The summed E-state index contributed by atoms with van der Waals surface area (Å²) in [6, 6.07) is 12.1. The number of benzene rings is 1.